The maximum atomic E-state index is 12.2. The highest BCUT2D eigenvalue weighted by atomic mass is 16.5. The summed E-state index contributed by atoms with van der Waals surface area (Å²) in [6.07, 6.45) is -0.638. The molecule has 116 valence electrons. The van der Waals surface area contributed by atoms with E-state index in [1.54, 1.807) is 6.92 Å². The van der Waals surface area contributed by atoms with E-state index in [4.69, 9.17) is 4.74 Å². The number of hydrogen-bond donors (Lipinski definition) is 2. The molecule has 1 amide bonds. The standard InChI is InChI=1S/C18H21NO3/c1-13-8-10-16(11-9-13)22-14(2)18(21)19-17(12-20)15-6-4-3-5-7-15/h3-11,14,17,20H,12H2,1-2H3,(H,19,21)/t14?,17-/m1/s1. The predicted octanol–water partition coefficient (Wildman–Crippen LogP) is 2.61. The second-order valence-corrected chi connectivity index (χ2v) is 5.23. The minimum Gasteiger partial charge on any atom is -0.481 e. The third-order valence-electron chi connectivity index (χ3n) is 3.40. The first kappa shape index (κ1) is 16.0. The van der Waals surface area contributed by atoms with Crippen molar-refractivity contribution in [3.63, 3.8) is 0 Å². The van der Waals surface area contributed by atoms with Gasteiger partial charge in [-0.3, -0.25) is 4.79 Å². The lowest BCUT2D eigenvalue weighted by atomic mass is 10.1. The molecule has 4 heteroatoms. The van der Waals surface area contributed by atoms with Crippen molar-refractivity contribution in [1.82, 2.24) is 5.32 Å². The molecule has 2 atom stereocenters. The van der Waals surface area contributed by atoms with Crippen molar-refractivity contribution < 1.29 is 14.6 Å². The molecule has 0 aromatic heterocycles. The van der Waals surface area contributed by atoms with Gasteiger partial charge in [-0.2, -0.15) is 0 Å². The van der Waals surface area contributed by atoms with Crippen LogP contribution in [0.4, 0.5) is 0 Å². The van der Waals surface area contributed by atoms with E-state index in [1.807, 2.05) is 61.5 Å². The van der Waals surface area contributed by atoms with Crippen molar-refractivity contribution in [3.8, 4) is 5.75 Å². The van der Waals surface area contributed by atoms with Crippen LogP contribution in [-0.4, -0.2) is 23.7 Å². The molecule has 0 aliphatic rings. The van der Waals surface area contributed by atoms with E-state index in [-0.39, 0.29) is 12.5 Å². The Labute approximate surface area is 130 Å². The van der Waals surface area contributed by atoms with Gasteiger partial charge in [-0.15, -0.1) is 0 Å². The van der Waals surface area contributed by atoms with E-state index in [0.717, 1.165) is 11.1 Å². The quantitative estimate of drug-likeness (QED) is 0.862. The fraction of sp³-hybridized carbons (Fsp3) is 0.278. The van der Waals surface area contributed by atoms with Gasteiger partial charge in [-0.1, -0.05) is 48.0 Å². The Morgan fingerprint density at radius 1 is 1.14 bits per heavy atom. The van der Waals surface area contributed by atoms with Crippen molar-refractivity contribution in [1.29, 1.82) is 0 Å². The topological polar surface area (TPSA) is 58.6 Å². The zero-order valence-electron chi connectivity index (χ0n) is 12.8. The van der Waals surface area contributed by atoms with Gasteiger partial charge in [0.25, 0.3) is 5.91 Å². The summed E-state index contributed by atoms with van der Waals surface area (Å²) in [6, 6.07) is 16.5. The maximum Gasteiger partial charge on any atom is 0.261 e. The van der Waals surface area contributed by atoms with E-state index in [2.05, 4.69) is 5.32 Å². The smallest absolute Gasteiger partial charge is 0.261 e. The van der Waals surface area contributed by atoms with Crippen LogP contribution in [-0.2, 0) is 4.79 Å². The molecule has 0 spiro atoms. The number of carbonyl (C=O) groups is 1. The van der Waals surface area contributed by atoms with Gasteiger partial charge in [0.1, 0.15) is 5.75 Å². The van der Waals surface area contributed by atoms with E-state index >= 15 is 0 Å². The van der Waals surface area contributed by atoms with Crippen LogP contribution in [0.25, 0.3) is 0 Å². The van der Waals surface area contributed by atoms with Gasteiger partial charge in [0.05, 0.1) is 12.6 Å². The van der Waals surface area contributed by atoms with Crippen molar-refractivity contribution in [2.75, 3.05) is 6.61 Å². The van der Waals surface area contributed by atoms with Crippen LogP contribution in [0.15, 0.2) is 54.6 Å². The van der Waals surface area contributed by atoms with Crippen molar-refractivity contribution in [2.45, 2.75) is 26.0 Å². The van der Waals surface area contributed by atoms with Gasteiger partial charge >= 0.3 is 0 Å². The van der Waals surface area contributed by atoms with E-state index < -0.39 is 12.1 Å². The number of aliphatic hydroxyl groups is 1. The molecule has 2 N–H and O–H groups in total. The lowest BCUT2D eigenvalue weighted by Gasteiger charge is -2.20. The summed E-state index contributed by atoms with van der Waals surface area (Å²) in [5.74, 6) is 0.386. The van der Waals surface area contributed by atoms with E-state index in [9.17, 15) is 9.90 Å². The summed E-state index contributed by atoms with van der Waals surface area (Å²) in [7, 11) is 0. The number of benzene rings is 2. The molecule has 2 rings (SSSR count). The second-order valence-electron chi connectivity index (χ2n) is 5.23. The van der Waals surface area contributed by atoms with Crippen LogP contribution in [0.5, 0.6) is 5.75 Å². The molecule has 4 nitrogen and oxygen atoms in total. The summed E-state index contributed by atoms with van der Waals surface area (Å²) in [6.45, 7) is 3.52. The Kier molecular flexibility index (Phi) is 5.55. The average Bonchev–Trinajstić information content (AvgIpc) is 2.55. The fourth-order valence-electron chi connectivity index (χ4n) is 2.08. The normalized spacial score (nSPS) is 13.2. The molecule has 2 aromatic rings. The molecule has 0 aliphatic heterocycles. The minimum atomic E-state index is -0.638. The van der Waals surface area contributed by atoms with Crippen LogP contribution in [0.3, 0.4) is 0 Å². The first-order chi connectivity index (χ1) is 10.6. The summed E-state index contributed by atoms with van der Waals surface area (Å²) in [4.78, 5) is 12.2. The molecule has 22 heavy (non-hydrogen) atoms. The first-order valence-electron chi connectivity index (χ1n) is 7.29. The number of ether oxygens (including phenoxy) is 1. The number of aryl methyl sites for hydroxylation is 1. The maximum absolute atomic E-state index is 12.2. The zero-order valence-corrected chi connectivity index (χ0v) is 12.8. The monoisotopic (exact) mass is 299 g/mol. The third kappa shape index (κ3) is 4.33. The lowest BCUT2D eigenvalue weighted by molar-refractivity contribution is -0.128. The van der Waals surface area contributed by atoms with Crippen LogP contribution in [0.1, 0.15) is 24.1 Å². The van der Waals surface area contributed by atoms with Crippen LogP contribution >= 0.6 is 0 Å². The fourth-order valence-corrected chi connectivity index (χ4v) is 2.08. The van der Waals surface area contributed by atoms with Crippen molar-refractivity contribution in [2.24, 2.45) is 0 Å². The molecular formula is C18H21NO3. The van der Waals surface area contributed by atoms with Gasteiger partial charge in [-0.25, -0.2) is 0 Å². The molecule has 0 heterocycles. The van der Waals surface area contributed by atoms with Gasteiger partial charge in [0, 0.05) is 0 Å². The first-order valence-corrected chi connectivity index (χ1v) is 7.29. The Hall–Kier alpha value is -2.33. The summed E-state index contributed by atoms with van der Waals surface area (Å²) < 4.78 is 5.62. The molecule has 0 bridgehead atoms. The number of amides is 1. The molecule has 0 aliphatic carbocycles. The lowest BCUT2D eigenvalue weighted by Crippen LogP contribution is -2.39. The summed E-state index contributed by atoms with van der Waals surface area (Å²) in [5.41, 5.74) is 2.00. The van der Waals surface area contributed by atoms with E-state index in [0.29, 0.717) is 5.75 Å². The molecule has 1 unspecified atom stereocenters. The average molecular weight is 299 g/mol. The molecule has 0 saturated heterocycles. The highest BCUT2D eigenvalue weighted by molar-refractivity contribution is 5.81. The SMILES string of the molecule is Cc1ccc(OC(C)C(=O)N[C@H](CO)c2ccccc2)cc1. The number of rotatable bonds is 6. The highest BCUT2D eigenvalue weighted by Crippen LogP contribution is 2.15. The third-order valence-corrected chi connectivity index (χ3v) is 3.40. The molecule has 0 saturated carbocycles. The van der Waals surface area contributed by atoms with Crippen molar-refractivity contribution >= 4 is 5.91 Å². The number of carbonyl (C=O) groups excluding carboxylic acids is 1. The van der Waals surface area contributed by atoms with Gasteiger partial charge in [0.15, 0.2) is 6.10 Å². The van der Waals surface area contributed by atoms with Gasteiger partial charge in [0.2, 0.25) is 0 Å². The van der Waals surface area contributed by atoms with E-state index in [1.165, 1.54) is 0 Å². The van der Waals surface area contributed by atoms with Crippen molar-refractivity contribution in [3.05, 3.63) is 65.7 Å². The molecule has 2 aromatic carbocycles. The molecule has 0 fully saturated rings. The highest BCUT2D eigenvalue weighted by Gasteiger charge is 2.19. The Morgan fingerprint density at radius 3 is 2.36 bits per heavy atom. The minimum absolute atomic E-state index is 0.160. The molecular weight excluding hydrogens is 278 g/mol. The Balaban J connectivity index is 1.96. The Bertz CT molecular complexity index is 595. The van der Waals surface area contributed by atoms with Gasteiger partial charge < -0.3 is 15.2 Å². The summed E-state index contributed by atoms with van der Waals surface area (Å²) >= 11 is 0. The summed E-state index contributed by atoms with van der Waals surface area (Å²) in [5, 5.41) is 12.3. The number of aliphatic hydroxyl groups excluding tert-OH is 1. The van der Waals surface area contributed by atoms with Crippen LogP contribution in [0.2, 0.25) is 0 Å². The largest absolute Gasteiger partial charge is 0.481 e. The number of nitrogens with one attached hydrogen (secondary N) is 1. The van der Waals surface area contributed by atoms with Gasteiger partial charge in [-0.05, 0) is 31.5 Å². The molecule has 0 radical (unpaired) electrons. The Morgan fingerprint density at radius 2 is 1.77 bits per heavy atom. The second kappa shape index (κ2) is 7.61. The van der Waals surface area contributed by atoms with Crippen LogP contribution < -0.4 is 10.1 Å². The van der Waals surface area contributed by atoms with Crippen LogP contribution in [0, 0.1) is 6.92 Å². The zero-order chi connectivity index (χ0) is 15.9. The predicted molar refractivity (Wildman–Crippen MR) is 85.7 cm³/mol. The number of hydrogen-bond acceptors (Lipinski definition) is 3.